The fourth-order valence-electron chi connectivity index (χ4n) is 3.61. The molecule has 3 aromatic rings. The van der Waals surface area contributed by atoms with Gasteiger partial charge in [-0.25, -0.2) is 0 Å². The van der Waals surface area contributed by atoms with Crippen molar-refractivity contribution in [3.05, 3.63) is 82.4 Å². The molecule has 1 atom stereocenters. The maximum atomic E-state index is 12.8. The van der Waals surface area contributed by atoms with E-state index >= 15 is 0 Å². The summed E-state index contributed by atoms with van der Waals surface area (Å²) in [7, 11) is 0. The van der Waals surface area contributed by atoms with Gasteiger partial charge in [0.1, 0.15) is 0 Å². The molecule has 150 valence electrons. The van der Waals surface area contributed by atoms with E-state index in [1.165, 1.54) is 11.3 Å². The summed E-state index contributed by atoms with van der Waals surface area (Å²) in [5.41, 5.74) is 1.10. The lowest BCUT2D eigenvalue weighted by molar-refractivity contribution is -0.679. The van der Waals surface area contributed by atoms with Crippen LogP contribution in [-0.2, 0) is 4.79 Å². The molecular formula is C22H24N3O3S+. The molecular weight excluding hydrogens is 386 g/mol. The van der Waals surface area contributed by atoms with E-state index in [1.807, 2.05) is 75.1 Å². The molecule has 1 saturated heterocycles. The molecule has 0 spiro atoms. The number of piperazine rings is 1. The predicted octanol–water partition coefficient (Wildman–Crippen LogP) is 1.98. The smallest absolute Gasteiger partial charge is 0.277 e. The normalized spacial score (nSPS) is 15.3. The second-order valence-electron chi connectivity index (χ2n) is 6.99. The fourth-order valence-corrected chi connectivity index (χ4v) is 4.30. The number of rotatable bonds is 6. The molecule has 29 heavy (non-hydrogen) atoms. The van der Waals surface area contributed by atoms with Gasteiger partial charge in [0.05, 0.1) is 11.1 Å². The Morgan fingerprint density at radius 1 is 0.966 bits per heavy atom. The van der Waals surface area contributed by atoms with E-state index in [1.54, 1.807) is 6.26 Å². The molecule has 1 aromatic carbocycles. The van der Waals surface area contributed by atoms with Crippen LogP contribution in [0.15, 0.2) is 70.7 Å². The van der Waals surface area contributed by atoms with E-state index in [2.05, 4.69) is 0 Å². The minimum atomic E-state index is -0.0585. The van der Waals surface area contributed by atoms with E-state index in [4.69, 9.17) is 4.42 Å². The molecule has 1 aliphatic rings. The first kappa shape index (κ1) is 19.4. The molecule has 1 fully saturated rings. The van der Waals surface area contributed by atoms with Gasteiger partial charge in [-0.1, -0.05) is 36.4 Å². The van der Waals surface area contributed by atoms with Crippen LogP contribution in [0.3, 0.4) is 0 Å². The van der Waals surface area contributed by atoms with Crippen molar-refractivity contribution in [3.8, 4) is 0 Å². The van der Waals surface area contributed by atoms with Crippen LogP contribution in [0, 0.1) is 0 Å². The highest BCUT2D eigenvalue weighted by molar-refractivity contribution is 7.12. The van der Waals surface area contributed by atoms with E-state index in [-0.39, 0.29) is 17.9 Å². The zero-order valence-corrected chi connectivity index (χ0v) is 16.9. The lowest BCUT2D eigenvalue weighted by Gasteiger charge is -2.34. The number of nitrogens with zero attached hydrogens (tertiary/aromatic N) is 2. The second kappa shape index (κ2) is 9.07. The van der Waals surface area contributed by atoms with Gasteiger partial charge in [0, 0.05) is 31.7 Å². The van der Waals surface area contributed by atoms with Gasteiger partial charge in [-0.15, -0.1) is 11.3 Å². The predicted molar refractivity (Wildman–Crippen MR) is 111 cm³/mol. The van der Waals surface area contributed by atoms with Crippen molar-refractivity contribution in [1.82, 2.24) is 9.80 Å². The topological polar surface area (TPSA) is 70.4 Å². The highest BCUT2D eigenvalue weighted by atomic mass is 32.1. The van der Waals surface area contributed by atoms with Crippen LogP contribution >= 0.6 is 11.3 Å². The number of furan rings is 1. The average molecular weight is 411 g/mol. The lowest BCUT2D eigenvalue weighted by Crippen LogP contribution is -2.88. The minimum Gasteiger partial charge on any atom is -0.463 e. The zero-order valence-electron chi connectivity index (χ0n) is 16.1. The first-order valence-electron chi connectivity index (χ1n) is 9.74. The summed E-state index contributed by atoms with van der Waals surface area (Å²) >= 11 is 1.45. The summed E-state index contributed by atoms with van der Waals surface area (Å²) in [5.74, 6) is 0.969. The van der Waals surface area contributed by atoms with Crippen molar-refractivity contribution in [1.29, 1.82) is 0 Å². The van der Waals surface area contributed by atoms with Gasteiger partial charge in [-0.05, 0) is 23.6 Å². The molecule has 0 bridgehead atoms. The number of carbonyl (C=O) groups excluding carboxylic acids is 2. The molecule has 6 nitrogen and oxygen atoms in total. The number of quaternary nitrogens is 1. The van der Waals surface area contributed by atoms with Crippen LogP contribution in [0.2, 0.25) is 0 Å². The third-order valence-corrected chi connectivity index (χ3v) is 6.05. The largest absolute Gasteiger partial charge is 0.463 e. The van der Waals surface area contributed by atoms with Crippen molar-refractivity contribution in [2.75, 3.05) is 32.7 Å². The van der Waals surface area contributed by atoms with Crippen LogP contribution in [0.5, 0.6) is 0 Å². The van der Waals surface area contributed by atoms with Gasteiger partial charge in [-0.2, -0.15) is 0 Å². The molecule has 2 aromatic heterocycles. The highest BCUT2D eigenvalue weighted by Crippen LogP contribution is 2.18. The number of hydrogen-bond donors (Lipinski definition) is 1. The summed E-state index contributed by atoms with van der Waals surface area (Å²) in [6, 6.07) is 17.5. The van der Waals surface area contributed by atoms with Gasteiger partial charge in [-0.3, -0.25) is 9.59 Å². The van der Waals surface area contributed by atoms with Crippen LogP contribution in [-0.4, -0.2) is 54.3 Å². The molecule has 0 unspecified atom stereocenters. The second-order valence-corrected chi connectivity index (χ2v) is 7.94. The Labute approximate surface area is 173 Å². The van der Waals surface area contributed by atoms with Crippen molar-refractivity contribution in [2.45, 2.75) is 6.04 Å². The SMILES string of the molecule is O=C(C[NH2+][C@@H](c1ccccc1)c1ccco1)N1CCN(C(=O)c2cccs2)CC1. The van der Waals surface area contributed by atoms with Gasteiger partial charge in [0.15, 0.2) is 18.3 Å². The fraction of sp³-hybridized carbons (Fsp3) is 0.273. The standard InChI is InChI=1S/C22H23N3O3S/c26-20(24-10-12-25(13-11-24)22(27)19-9-5-15-29-19)16-23-21(18-8-4-14-28-18)17-6-2-1-3-7-17/h1-9,14-15,21,23H,10-13,16H2/p+1/t21-/m0/s1. The molecule has 7 heteroatoms. The third kappa shape index (κ3) is 4.58. The summed E-state index contributed by atoms with van der Waals surface area (Å²) in [6.07, 6.45) is 1.66. The Kier molecular flexibility index (Phi) is 6.07. The number of thiophene rings is 1. The van der Waals surface area contributed by atoms with Gasteiger partial charge >= 0.3 is 0 Å². The summed E-state index contributed by atoms with van der Waals surface area (Å²) in [6.45, 7) is 2.62. The lowest BCUT2D eigenvalue weighted by atomic mass is 10.0. The molecule has 2 amide bonds. The summed E-state index contributed by atoms with van der Waals surface area (Å²) in [5, 5.41) is 3.92. The van der Waals surface area contributed by atoms with E-state index in [0.717, 1.165) is 16.2 Å². The Morgan fingerprint density at radius 3 is 2.38 bits per heavy atom. The number of amides is 2. The van der Waals surface area contributed by atoms with E-state index < -0.39 is 0 Å². The van der Waals surface area contributed by atoms with Crippen molar-refractivity contribution in [2.24, 2.45) is 0 Å². The third-order valence-electron chi connectivity index (χ3n) is 5.19. The van der Waals surface area contributed by atoms with Gasteiger partial charge < -0.3 is 19.5 Å². The number of benzene rings is 1. The average Bonchev–Trinajstić information content (AvgIpc) is 3.49. The molecule has 3 heterocycles. The summed E-state index contributed by atoms with van der Waals surface area (Å²) in [4.78, 5) is 29.7. The van der Waals surface area contributed by atoms with Crippen LogP contribution in [0.4, 0.5) is 0 Å². The molecule has 1 aliphatic heterocycles. The Bertz CT molecular complexity index is 918. The summed E-state index contributed by atoms with van der Waals surface area (Å²) < 4.78 is 5.60. The Hall–Kier alpha value is -2.90. The molecule has 4 rings (SSSR count). The Morgan fingerprint density at radius 2 is 1.72 bits per heavy atom. The zero-order chi connectivity index (χ0) is 20.1. The van der Waals surface area contributed by atoms with Gasteiger partial charge in [0.25, 0.3) is 11.8 Å². The molecule has 0 aliphatic carbocycles. The highest BCUT2D eigenvalue weighted by Gasteiger charge is 2.27. The molecule has 0 saturated carbocycles. The molecule has 0 radical (unpaired) electrons. The van der Waals surface area contributed by atoms with Crippen molar-refractivity contribution in [3.63, 3.8) is 0 Å². The maximum Gasteiger partial charge on any atom is 0.277 e. The van der Waals surface area contributed by atoms with Crippen LogP contribution in [0.25, 0.3) is 0 Å². The van der Waals surface area contributed by atoms with Crippen molar-refractivity contribution >= 4 is 23.2 Å². The quantitative estimate of drug-likeness (QED) is 0.676. The first-order chi connectivity index (χ1) is 14.2. The number of hydrogen-bond acceptors (Lipinski definition) is 4. The number of carbonyl (C=O) groups is 2. The molecule has 2 N–H and O–H groups in total. The van der Waals surface area contributed by atoms with Crippen LogP contribution < -0.4 is 5.32 Å². The van der Waals surface area contributed by atoms with Gasteiger partial charge in [0.2, 0.25) is 0 Å². The minimum absolute atomic E-state index is 0.0561. The van der Waals surface area contributed by atoms with E-state index in [0.29, 0.717) is 32.7 Å². The first-order valence-corrected chi connectivity index (χ1v) is 10.6. The van der Waals surface area contributed by atoms with Crippen LogP contribution in [0.1, 0.15) is 27.0 Å². The Balaban J connectivity index is 1.33. The monoisotopic (exact) mass is 410 g/mol. The number of nitrogens with two attached hydrogens (primary N) is 1. The van der Waals surface area contributed by atoms with Crippen molar-refractivity contribution < 1.29 is 19.3 Å². The van der Waals surface area contributed by atoms with E-state index in [9.17, 15) is 9.59 Å². The maximum absolute atomic E-state index is 12.8.